The Balaban J connectivity index is 1.37. The van der Waals surface area contributed by atoms with E-state index >= 15 is 0 Å². The van der Waals surface area contributed by atoms with Gasteiger partial charge in [-0.1, -0.05) is 0 Å². The smallest absolute Gasteiger partial charge is 0.327 e. The molecule has 4 saturated heterocycles. The summed E-state index contributed by atoms with van der Waals surface area (Å²) in [7, 11) is 0. The van der Waals surface area contributed by atoms with E-state index in [9.17, 15) is 19.2 Å². The second kappa shape index (κ2) is 6.66. The Hall–Kier alpha value is -2.20. The molecule has 4 aliphatic rings. The maximum atomic E-state index is 12.7. The van der Waals surface area contributed by atoms with Crippen molar-refractivity contribution >= 4 is 23.9 Å². The number of hydrogen-bond donors (Lipinski definition) is 0. The minimum absolute atomic E-state index is 0.00511. The number of nitrogens with zero attached hydrogens (tertiary/aromatic N) is 4. The molecule has 29 heavy (non-hydrogen) atoms. The van der Waals surface area contributed by atoms with Crippen molar-refractivity contribution in [2.45, 2.75) is 57.4 Å². The van der Waals surface area contributed by atoms with Gasteiger partial charge in [-0.15, -0.1) is 0 Å². The maximum Gasteiger partial charge on any atom is 0.327 e. The zero-order valence-corrected chi connectivity index (χ0v) is 17.3. The molecule has 0 aromatic rings. The molecule has 0 saturated carbocycles. The second-order valence-corrected chi connectivity index (χ2v) is 9.08. The molecule has 4 aliphatic heterocycles. The van der Waals surface area contributed by atoms with Crippen molar-refractivity contribution < 1.29 is 28.7 Å². The average molecular weight is 408 g/mol. The molecule has 10 nitrogen and oxygen atoms in total. The highest BCUT2D eigenvalue weighted by Gasteiger charge is 2.54. The predicted octanol–water partition coefficient (Wildman–Crippen LogP) is 0.260. The van der Waals surface area contributed by atoms with Gasteiger partial charge in [0.15, 0.2) is 0 Å². The first-order valence-corrected chi connectivity index (χ1v) is 10.1. The Labute approximate surface area is 169 Å². The van der Waals surface area contributed by atoms with Crippen LogP contribution in [0.4, 0.5) is 9.59 Å². The molecule has 0 aliphatic carbocycles. The molecule has 0 bridgehead atoms. The van der Waals surface area contributed by atoms with Gasteiger partial charge in [-0.2, -0.15) is 0 Å². The largest absolute Gasteiger partial charge is 0.371 e. The number of epoxide rings is 2. The van der Waals surface area contributed by atoms with Gasteiger partial charge in [-0.05, 0) is 34.1 Å². The van der Waals surface area contributed by atoms with E-state index in [2.05, 4.69) is 0 Å². The fourth-order valence-electron chi connectivity index (χ4n) is 3.98. The average Bonchev–Trinajstić information content (AvgIpc) is 3.55. The van der Waals surface area contributed by atoms with E-state index in [0.717, 1.165) is 0 Å². The van der Waals surface area contributed by atoms with E-state index in [-0.39, 0.29) is 49.2 Å². The molecule has 4 heterocycles. The van der Waals surface area contributed by atoms with Crippen molar-refractivity contribution in [3.8, 4) is 0 Å². The molecule has 0 radical (unpaired) electrons. The summed E-state index contributed by atoms with van der Waals surface area (Å²) in [6, 6.07) is -0.690. The standard InChI is InChI=1S/C19H28N4O6/c1-18(2)14(24)20(16(26)22(18)8-12-10-28-12)6-5-7-21-15(25)19(3,4)23(17(21)27)9-13-11-29-13/h12-13H,5-11H2,1-4H3. The summed E-state index contributed by atoms with van der Waals surface area (Å²) in [6.45, 7) is 9.21. The topological polar surface area (TPSA) is 106 Å². The number of rotatable bonds is 8. The van der Waals surface area contributed by atoms with Gasteiger partial charge < -0.3 is 19.3 Å². The maximum absolute atomic E-state index is 12.7. The predicted molar refractivity (Wildman–Crippen MR) is 99.9 cm³/mol. The number of amides is 6. The summed E-state index contributed by atoms with van der Waals surface area (Å²) < 4.78 is 10.4. The minimum Gasteiger partial charge on any atom is -0.371 e. The number of urea groups is 2. The number of carbonyl (C=O) groups excluding carboxylic acids is 4. The Kier molecular flexibility index (Phi) is 4.62. The molecule has 0 spiro atoms. The van der Waals surface area contributed by atoms with Crippen molar-refractivity contribution in [3.63, 3.8) is 0 Å². The zero-order valence-electron chi connectivity index (χ0n) is 17.3. The third kappa shape index (κ3) is 3.38. The van der Waals surface area contributed by atoms with Crippen LogP contribution in [0.2, 0.25) is 0 Å². The molecule has 2 unspecified atom stereocenters. The third-order valence-electron chi connectivity index (χ3n) is 6.15. The normalized spacial score (nSPS) is 30.1. The number of carbonyl (C=O) groups is 4. The third-order valence-corrected chi connectivity index (χ3v) is 6.15. The first-order valence-electron chi connectivity index (χ1n) is 10.1. The van der Waals surface area contributed by atoms with Gasteiger partial charge in [-0.3, -0.25) is 19.4 Å². The lowest BCUT2D eigenvalue weighted by Crippen LogP contribution is -2.46. The fourth-order valence-corrected chi connectivity index (χ4v) is 3.98. The van der Waals surface area contributed by atoms with Crippen LogP contribution < -0.4 is 0 Å². The molecule has 0 aromatic carbocycles. The Morgan fingerprint density at radius 2 is 1.10 bits per heavy atom. The summed E-state index contributed by atoms with van der Waals surface area (Å²) in [5.74, 6) is -0.537. The highest BCUT2D eigenvalue weighted by Crippen LogP contribution is 2.32. The molecule has 160 valence electrons. The van der Waals surface area contributed by atoms with Crippen molar-refractivity contribution in [1.29, 1.82) is 0 Å². The van der Waals surface area contributed by atoms with E-state index < -0.39 is 11.1 Å². The molecule has 2 atom stereocenters. The van der Waals surface area contributed by atoms with Gasteiger partial charge in [0.05, 0.1) is 38.5 Å². The summed E-state index contributed by atoms with van der Waals surface area (Å²) in [5, 5.41) is 0. The van der Waals surface area contributed by atoms with Crippen LogP contribution >= 0.6 is 0 Å². The Bertz CT molecular complexity index is 696. The van der Waals surface area contributed by atoms with Gasteiger partial charge in [0.2, 0.25) is 0 Å². The summed E-state index contributed by atoms with van der Waals surface area (Å²) in [6.07, 6.45) is 0.326. The van der Waals surface area contributed by atoms with Gasteiger partial charge >= 0.3 is 12.1 Å². The Morgan fingerprint density at radius 3 is 1.41 bits per heavy atom. The lowest BCUT2D eigenvalue weighted by atomic mass is 10.0. The van der Waals surface area contributed by atoms with Gasteiger partial charge in [0, 0.05) is 13.1 Å². The Morgan fingerprint density at radius 1 is 0.759 bits per heavy atom. The van der Waals surface area contributed by atoms with Gasteiger partial charge in [0.25, 0.3) is 11.8 Å². The molecule has 10 heteroatoms. The van der Waals surface area contributed by atoms with Crippen molar-refractivity contribution in [2.24, 2.45) is 0 Å². The summed E-state index contributed by atoms with van der Waals surface area (Å²) in [5.41, 5.74) is -1.85. The molecular weight excluding hydrogens is 380 g/mol. The van der Waals surface area contributed by atoms with Crippen LogP contribution in [0.25, 0.3) is 0 Å². The van der Waals surface area contributed by atoms with Crippen LogP contribution in [0.3, 0.4) is 0 Å². The first kappa shape index (κ1) is 20.1. The van der Waals surface area contributed by atoms with E-state index in [4.69, 9.17) is 9.47 Å². The van der Waals surface area contributed by atoms with E-state index in [1.807, 2.05) is 0 Å². The molecular formula is C19H28N4O6. The van der Waals surface area contributed by atoms with Gasteiger partial charge in [0.1, 0.15) is 11.1 Å². The highest BCUT2D eigenvalue weighted by molar-refractivity contribution is 6.07. The van der Waals surface area contributed by atoms with E-state index in [1.54, 1.807) is 37.5 Å². The quantitative estimate of drug-likeness (QED) is 0.421. The zero-order chi connectivity index (χ0) is 21.1. The molecule has 6 amide bonds. The van der Waals surface area contributed by atoms with E-state index in [1.165, 1.54) is 9.80 Å². The molecule has 4 rings (SSSR count). The summed E-state index contributed by atoms with van der Waals surface area (Å²) >= 11 is 0. The van der Waals surface area contributed by atoms with Crippen LogP contribution in [0.1, 0.15) is 34.1 Å². The van der Waals surface area contributed by atoms with Crippen LogP contribution in [-0.2, 0) is 19.1 Å². The number of hydrogen-bond acceptors (Lipinski definition) is 6. The highest BCUT2D eigenvalue weighted by atomic mass is 16.6. The molecule has 0 aromatic heterocycles. The minimum atomic E-state index is -0.925. The lowest BCUT2D eigenvalue weighted by Gasteiger charge is -2.26. The van der Waals surface area contributed by atoms with Crippen LogP contribution in [0.15, 0.2) is 0 Å². The first-order chi connectivity index (χ1) is 13.5. The van der Waals surface area contributed by atoms with Crippen LogP contribution in [0.5, 0.6) is 0 Å². The van der Waals surface area contributed by atoms with Crippen molar-refractivity contribution in [3.05, 3.63) is 0 Å². The second-order valence-electron chi connectivity index (χ2n) is 9.08. The number of imide groups is 2. The van der Waals surface area contributed by atoms with Crippen molar-refractivity contribution in [1.82, 2.24) is 19.6 Å². The van der Waals surface area contributed by atoms with Crippen molar-refractivity contribution in [2.75, 3.05) is 39.4 Å². The molecule has 0 N–H and O–H groups in total. The monoisotopic (exact) mass is 408 g/mol. The van der Waals surface area contributed by atoms with Gasteiger partial charge in [-0.25, -0.2) is 9.59 Å². The number of ether oxygens (including phenoxy) is 2. The fraction of sp³-hybridized carbons (Fsp3) is 0.789. The van der Waals surface area contributed by atoms with E-state index in [0.29, 0.717) is 32.7 Å². The van der Waals surface area contributed by atoms with Crippen LogP contribution in [-0.4, -0.2) is 106 Å². The lowest BCUT2D eigenvalue weighted by molar-refractivity contribution is -0.132. The SMILES string of the molecule is CC1(C)C(=O)N(CCCN2C(=O)N(CC3CO3)C(C)(C)C2=O)C(=O)N1CC1CO1. The molecule has 4 fully saturated rings. The van der Waals surface area contributed by atoms with Crippen LogP contribution in [0, 0.1) is 0 Å². The summed E-state index contributed by atoms with van der Waals surface area (Å²) in [4.78, 5) is 56.5.